The summed E-state index contributed by atoms with van der Waals surface area (Å²) in [6.07, 6.45) is 4.75. The smallest absolute Gasteiger partial charge is 0.407 e. The minimum atomic E-state index is -0.761. The maximum atomic E-state index is 16.5. The number of halogens is 2. The van der Waals surface area contributed by atoms with Crippen LogP contribution in [0.1, 0.15) is 133 Å². The number of anilines is 2. The maximum absolute atomic E-state index is 16.5. The van der Waals surface area contributed by atoms with Crippen molar-refractivity contribution < 1.29 is 37.4 Å². The lowest BCUT2D eigenvalue weighted by Gasteiger charge is -2.35. The van der Waals surface area contributed by atoms with E-state index in [0.717, 1.165) is 58.9 Å². The molecule has 374 valence electrons. The molecule has 4 aliphatic heterocycles. The lowest BCUT2D eigenvalue weighted by molar-refractivity contribution is -0.136. The van der Waals surface area contributed by atoms with Crippen LogP contribution < -0.4 is 20.4 Å². The van der Waals surface area contributed by atoms with Gasteiger partial charge in [0.2, 0.25) is 11.8 Å². The van der Waals surface area contributed by atoms with Crippen molar-refractivity contribution in [1.29, 1.82) is 0 Å². The lowest BCUT2D eigenvalue weighted by atomic mass is 9.98. The number of aromatic amines is 2. The summed E-state index contributed by atoms with van der Waals surface area (Å²) < 4.78 is 42.6. The highest BCUT2D eigenvalue weighted by molar-refractivity contribution is 5.88. The number of benzene rings is 3. The quantitative estimate of drug-likeness (QED) is 0.0942. The molecule has 4 aliphatic rings. The van der Waals surface area contributed by atoms with Crippen molar-refractivity contribution in [3.63, 3.8) is 0 Å². The van der Waals surface area contributed by atoms with Crippen molar-refractivity contribution in [3.8, 4) is 0 Å². The molecule has 16 nitrogen and oxygen atoms in total. The average molecular weight is 965 g/mol. The second-order valence-electron chi connectivity index (χ2n) is 20.3. The summed E-state index contributed by atoms with van der Waals surface area (Å²) in [5.74, 6) is -0.101. The fourth-order valence-corrected chi connectivity index (χ4v) is 11.3. The SMILES string of the molecule is COC(=O)NC(C(=O)N1CCC[C@H]1c1nc2ccc([C@H]3CC[C@H](c4ccc5nc([C@@H]6CCCN6C(=O)[C@@H](NC(=O)OC)C(C)C)[nH]c5c4)N3c3cc(F)c(N4CCC(C)CC4)c(F)c3)cc2[nH]1)C(C)C. The molecule has 6 atom stereocenters. The predicted molar refractivity (Wildman–Crippen MR) is 262 cm³/mol. The predicted octanol–water partition coefficient (Wildman–Crippen LogP) is 9.12. The van der Waals surface area contributed by atoms with Crippen molar-refractivity contribution in [3.05, 3.63) is 82.9 Å². The number of ether oxygens (including phenoxy) is 2. The van der Waals surface area contributed by atoms with Gasteiger partial charge in [-0.3, -0.25) is 9.59 Å². The van der Waals surface area contributed by atoms with Crippen molar-refractivity contribution in [2.45, 2.75) is 122 Å². The summed E-state index contributed by atoms with van der Waals surface area (Å²) in [5.41, 5.74) is 5.36. The molecule has 70 heavy (non-hydrogen) atoms. The second-order valence-corrected chi connectivity index (χ2v) is 20.3. The highest BCUT2D eigenvalue weighted by atomic mass is 19.1. The largest absolute Gasteiger partial charge is 0.453 e. The molecule has 4 amide bonds. The van der Waals surface area contributed by atoms with E-state index in [-0.39, 0.29) is 53.5 Å². The van der Waals surface area contributed by atoms with Gasteiger partial charge >= 0.3 is 12.2 Å². The first kappa shape index (κ1) is 48.6. The lowest BCUT2D eigenvalue weighted by Crippen LogP contribution is -2.51. The van der Waals surface area contributed by atoms with Crippen LogP contribution in [0.15, 0.2) is 48.5 Å². The fourth-order valence-electron chi connectivity index (χ4n) is 11.3. The number of likely N-dealkylation sites (tertiary alicyclic amines) is 2. The molecule has 5 aromatic rings. The van der Waals surface area contributed by atoms with Crippen molar-refractivity contribution in [2.75, 3.05) is 50.2 Å². The number of carbonyl (C=O) groups excluding carboxylic acids is 4. The Kier molecular flexibility index (Phi) is 13.9. The number of alkyl carbamates (subject to hydrolysis) is 2. The van der Waals surface area contributed by atoms with Crippen LogP contribution in [0.25, 0.3) is 22.1 Å². The Bertz CT molecular complexity index is 2580. The Morgan fingerprint density at radius 2 is 1.07 bits per heavy atom. The third-order valence-corrected chi connectivity index (χ3v) is 15.1. The molecule has 4 N–H and O–H groups in total. The number of methoxy groups -OCH3 is 2. The van der Waals surface area contributed by atoms with E-state index < -0.39 is 35.9 Å². The maximum Gasteiger partial charge on any atom is 0.407 e. The molecular weight excluding hydrogens is 899 g/mol. The molecule has 9 rings (SSSR count). The van der Waals surface area contributed by atoms with Gasteiger partial charge in [0.05, 0.1) is 60.5 Å². The van der Waals surface area contributed by atoms with Gasteiger partial charge in [-0.25, -0.2) is 28.3 Å². The number of piperidine rings is 1. The van der Waals surface area contributed by atoms with Crippen LogP contribution >= 0.6 is 0 Å². The fraction of sp³-hybridized carbons (Fsp3) is 0.538. The summed E-state index contributed by atoms with van der Waals surface area (Å²) in [6, 6.07) is 12.3. The number of amides is 4. The van der Waals surface area contributed by atoms with Crippen LogP contribution in [-0.4, -0.2) is 106 Å². The normalized spacial score (nSPS) is 21.9. The number of hydrogen-bond donors (Lipinski definition) is 4. The van der Waals surface area contributed by atoms with E-state index in [1.807, 2.05) is 56.9 Å². The van der Waals surface area contributed by atoms with E-state index in [1.54, 1.807) is 9.80 Å². The number of nitrogens with one attached hydrogen (secondary N) is 4. The Morgan fingerprint density at radius 3 is 1.49 bits per heavy atom. The van der Waals surface area contributed by atoms with Crippen molar-refractivity contribution in [2.24, 2.45) is 17.8 Å². The molecule has 0 bridgehead atoms. The van der Waals surface area contributed by atoms with Crippen LogP contribution in [-0.2, 0) is 19.1 Å². The van der Waals surface area contributed by atoms with E-state index in [9.17, 15) is 19.2 Å². The Balaban J connectivity index is 1.04. The molecule has 0 radical (unpaired) electrons. The molecular formula is C52H66F2N10O6. The molecule has 0 aliphatic carbocycles. The van der Waals surface area contributed by atoms with Gasteiger partial charge in [-0.15, -0.1) is 0 Å². The topological polar surface area (TPSA) is 181 Å². The summed E-state index contributed by atoms with van der Waals surface area (Å²) >= 11 is 0. The number of aromatic nitrogens is 4. The van der Waals surface area contributed by atoms with Gasteiger partial charge in [0.15, 0.2) is 11.6 Å². The van der Waals surface area contributed by atoms with Crippen LogP contribution in [0.5, 0.6) is 0 Å². The summed E-state index contributed by atoms with van der Waals surface area (Å²) in [6.45, 7) is 11.9. The number of hydrogen-bond acceptors (Lipinski definition) is 10. The van der Waals surface area contributed by atoms with E-state index in [0.29, 0.717) is 75.1 Å². The molecule has 0 spiro atoms. The minimum Gasteiger partial charge on any atom is -0.453 e. The zero-order valence-corrected chi connectivity index (χ0v) is 41.2. The Hall–Kier alpha value is -6.46. The average Bonchev–Trinajstić information content (AvgIpc) is 4.20. The monoisotopic (exact) mass is 965 g/mol. The van der Waals surface area contributed by atoms with Gasteiger partial charge in [-0.2, -0.15) is 0 Å². The van der Waals surface area contributed by atoms with Gasteiger partial charge in [0.1, 0.15) is 29.4 Å². The number of H-pyrrole nitrogens is 2. The van der Waals surface area contributed by atoms with E-state index in [2.05, 4.69) is 44.6 Å². The van der Waals surface area contributed by atoms with Gasteiger partial charge < -0.3 is 49.7 Å². The zero-order chi connectivity index (χ0) is 49.5. The van der Waals surface area contributed by atoms with E-state index in [4.69, 9.17) is 19.4 Å². The first-order valence-electron chi connectivity index (χ1n) is 24.9. The third-order valence-electron chi connectivity index (χ3n) is 15.1. The number of fused-ring (bicyclic) bond motifs is 2. The molecule has 4 saturated heterocycles. The molecule has 2 aromatic heterocycles. The molecule has 6 heterocycles. The Labute approximate surface area is 407 Å². The zero-order valence-electron chi connectivity index (χ0n) is 41.2. The standard InChI is InChI=1S/C52H66F2N10O6/c1-28(2)44(59-51(67)69-6)49(65)62-20-8-10-42(62)47-55-36-14-12-31(24-38(36)57-47)40-16-17-41(64(40)33-26-34(53)46(35(54)27-33)61-22-18-30(5)19-23-61)32-13-15-37-39(25-32)58-48(56-37)43-11-9-21-63(43)50(66)45(29(3)4)60-52(68)70-7/h12-15,24-30,40-45H,8-11,16-23H2,1-7H3,(H,55,57)(H,56,58)(H,59,67)(H,60,68)/t40-,41-,42+,43+,44+,45?/m1/s1. The van der Waals surface area contributed by atoms with Gasteiger partial charge in [0.25, 0.3) is 0 Å². The van der Waals surface area contributed by atoms with Crippen molar-refractivity contribution >= 4 is 57.4 Å². The minimum absolute atomic E-state index is 0.0150. The molecule has 1 unspecified atom stereocenters. The first-order chi connectivity index (χ1) is 33.6. The first-order valence-corrected chi connectivity index (χ1v) is 24.9. The van der Waals surface area contributed by atoms with Gasteiger partial charge in [-0.1, -0.05) is 46.8 Å². The highest BCUT2D eigenvalue weighted by Gasteiger charge is 2.41. The van der Waals surface area contributed by atoms with Crippen molar-refractivity contribution in [1.82, 2.24) is 40.4 Å². The van der Waals surface area contributed by atoms with Gasteiger partial charge in [-0.05, 0) is 117 Å². The molecule has 0 saturated carbocycles. The van der Waals surface area contributed by atoms with Crippen LogP contribution in [0, 0.1) is 29.4 Å². The number of imidazole rings is 2. The van der Waals surface area contributed by atoms with E-state index >= 15 is 8.78 Å². The van der Waals surface area contributed by atoms with Gasteiger partial charge in [0, 0.05) is 31.9 Å². The van der Waals surface area contributed by atoms with E-state index in [1.165, 1.54) is 26.4 Å². The van der Waals surface area contributed by atoms with Crippen LogP contribution in [0.4, 0.5) is 29.7 Å². The highest BCUT2D eigenvalue weighted by Crippen LogP contribution is 2.49. The Morgan fingerprint density at radius 1 is 0.629 bits per heavy atom. The number of nitrogens with zero attached hydrogens (tertiary/aromatic N) is 6. The summed E-state index contributed by atoms with van der Waals surface area (Å²) in [5, 5.41) is 5.42. The molecule has 4 fully saturated rings. The molecule has 3 aromatic carbocycles. The number of carbonyl (C=O) groups is 4. The second kappa shape index (κ2) is 20.1. The van der Waals surface area contributed by atoms with Crippen LogP contribution in [0.3, 0.4) is 0 Å². The molecule has 18 heteroatoms. The van der Waals surface area contributed by atoms with Crippen LogP contribution in [0.2, 0.25) is 0 Å². The summed E-state index contributed by atoms with van der Waals surface area (Å²) in [4.78, 5) is 76.8. The number of rotatable bonds is 12. The third kappa shape index (κ3) is 9.44. The summed E-state index contributed by atoms with van der Waals surface area (Å²) in [7, 11) is 2.55.